The highest BCUT2D eigenvalue weighted by Crippen LogP contribution is 2.19. The lowest BCUT2D eigenvalue weighted by Gasteiger charge is -2.12. The Kier molecular flexibility index (Phi) is 5.89. The van der Waals surface area contributed by atoms with Crippen LogP contribution in [-0.4, -0.2) is 25.1 Å². The maximum absolute atomic E-state index is 13.3. The Balaban J connectivity index is 1.79. The molecule has 2 aromatic rings. The van der Waals surface area contributed by atoms with E-state index in [2.05, 4.69) is 5.32 Å². The number of hydrogen-bond acceptors (Lipinski definition) is 4. The monoisotopic (exact) mass is 331 g/mol. The van der Waals surface area contributed by atoms with Gasteiger partial charge in [0.05, 0.1) is 0 Å². The van der Waals surface area contributed by atoms with Gasteiger partial charge in [0.25, 0.3) is 5.91 Å². The van der Waals surface area contributed by atoms with Crippen molar-refractivity contribution in [2.45, 2.75) is 13.8 Å². The number of benzene rings is 2. The average molecular weight is 331 g/mol. The van der Waals surface area contributed by atoms with Gasteiger partial charge in [0, 0.05) is 5.69 Å². The molecule has 2 aromatic carbocycles. The van der Waals surface area contributed by atoms with Gasteiger partial charge in [0.1, 0.15) is 0 Å². The fourth-order valence-corrected chi connectivity index (χ4v) is 2.07. The second-order valence-electron chi connectivity index (χ2n) is 5.19. The molecule has 0 aliphatic rings. The number of esters is 1. The van der Waals surface area contributed by atoms with Gasteiger partial charge in [-0.3, -0.25) is 4.79 Å². The van der Waals surface area contributed by atoms with Gasteiger partial charge in [-0.1, -0.05) is 30.3 Å². The van der Waals surface area contributed by atoms with E-state index in [4.69, 9.17) is 9.47 Å². The molecule has 0 unspecified atom stereocenters. The van der Waals surface area contributed by atoms with E-state index in [9.17, 15) is 14.0 Å². The van der Waals surface area contributed by atoms with E-state index in [0.717, 1.165) is 11.1 Å². The SMILES string of the molecule is Cc1cccc(C)c1NC(=O)COC(=O)COc1ccccc1F. The Labute approximate surface area is 139 Å². The van der Waals surface area contributed by atoms with Crippen molar-refractivity contribution in [3.63, 3.8) is 0 Å². The molecule has 0 fully saturated rings. The van der Waals surface area contributed by atoms with Crippen LogP contribution in [0.4, 0.5) is 10.1 Å². The van der Waals surface area contributed by atoms with Crippen molar-refractivity contribution in [1.29, 1.82) is 0 Å². The molecule has 0 aliphatic heterocycles. The van der Waals surface area contributed by atoms with Crippen molar-refractivity contribution < 1.29 is 23.5 Å². The summed E-state index contributed by atoms with van der Waals surface area (Å²) in [6, 6.07) is 11.4. The highest BCUT2D eigenvalue weighted by molar-refractivity contribution is 5.94. The maximum Gasteiger partial charge on any atom is 0.344 e. The molecule has 1 amide bonds. The largest absolute Gasteiger partial charge is 0.479 e. The summed E-state index contributed by atoms with van der Waals surface area (Å²) < 4.78 is 23.2. The number of hydrogen-bond donors (Lipinski definition) is 1. The fourth-order valence-electron chi connectivity index (χ4n) is 2.07. The second kappa shape index (κ2) is 8.10. The first-order valence-electron chi connectivity index (χ1n) is 7.36. The number of para-hydroxylation sites is 2. The molecular weight excluding hydrogens is 313 g/mol. The van der Waals surface area contributed by atoms with E-state index in [1.165, 1.54) is 18.2 Å². The molecule has 2 rings (SSSR count). The quantitative estimate of drug-likeness (QED) is 0.827. The third-order valence-corrected chi connectivity index (χ3v) is 3.29. The van der Waals surface area contributed by atoms with Crippen molar-refractivity contribution in [3.8, 4) is 5.75 Å². The minimum Gasteiger partial charge on any atom is -0.479 e. The average Bonchev–Trinajstić information content (AvgIpc) is 2.56. The first-order chi connectivity index (χ1) is 11.5. The van der Waals surface area contributed by atoms with Gasteiger partial charge in [0.15, 0.2) is 24.8 Å². The van der Waals surface area contributed by atoms with Gasteiger partial charge in [-0.25, -0.2) is 9.18 Å². The molecule has 0 saturated carbocycles. The molecule has 0 saturated heterocycles. The van der Waals surface area contributed by atoms with E-state index in [1.807, 2.05) is 32.0 Å². The van der Waals surface area contributed by atoms with Crippen molar-refractivity contribution >= 4 is 17.6 Å². The lowest BCUT2D eigenvalue weighted by Crippen LogP contribution is -2.24. The number of amides is 1. The van der Waals surface area contributed by atoms with Crippen molar-refractivity contribution in [2.75, 3.05) is 18.5 Å². The van der Waals surface area contributed by atoms with Crippen LogP contribution >= 0.6 is 0 Å². The predicted molar refractivity (Wildman–Crippen MR) is 87.4 cm³/mol. The molecule has 126 valence electrons. The van der Waals surface area contributed by atoms with Gasteiger partial charge in [0.2, 0.25) is 0 Å². The van der Waals surface area contributed by atoms with Crippen LogP contribution in [-0.2, 0) is 14.3 Å². The molecule has 0 bridgehead atoms. The van der Waals surface area contributed by atoms with Crippen molar-refractivity contribution in [3.05, 3.63) is 59.4 Å². The van der Waals surface area contributed by atoms with Crippen molar-refractivity contribution in [1.82, 2.24) is 0 Å². The molecule has 0 radical (unpaired) electrons. The molecule has 1 N–H and O–H groups in total. The summed E-state index contributed by atoms with van der Waals surface area (Å²) in [5, 5.41) is 2.70. The van der Waals surface area contributed by atoms with Crippen LogP contribution in [0, 0.1) is 19.7 Å². The topological polar surface area (TPSA) is 64.6 Å². The van der Waals surface area contributed by atoms with Gasteiger partial charge < -0.3 is 14.8 Å². The number of carbonyl (C=O) groups excluding carboxylic acids is 2. The van der Waals surface area contributed by atoms with Gasteiger partial charge in [-0.15, -0.1) is 0 Å². The van der Waals surface area contributed by atoms with Crippen LogP contribution in [0.25, 0.3) is 0 Å². The van der Waals surface area contributed by atoms with E-state index in [0.29, 0.717) is 5.69 Å². The Morgan fingerprint density at radius 1 is 1.00 bits per heavy atom. The Morgan fingerprint density at radius 3 is 2.33 bits per heavy atom. The van der Waals surface area contributed by atoms with Crippen LogP contribution in [0.2, 0.25) is 0 Å². The lowest BCUT2D eigenvalue weighted by atomic mass is 10.1. The Hall–Kier alpha value is -2.89. The maximum atomic E-state index is 13.3. The van der Waals surface area contributed by atoms with Crippen LogP contribution in [0.15, 0.2) is 42.5 Å². The summed E-state index contributed by atoms with van der Waals surface area (Å²) in [5.74, 6) is -1.82. The van der Waals surface area contributed by atoms with Crippen molar-refractivity contribution in [2.24, 2.45) is 0 Å². The number of aryl methyl sites for hydroxylation is 2. The Morgan fingerprint density at radius 2 is 1.67 bits per heavy atom. The minimum atomic E-state index is -0.755. The summed E-state index contributed by atoms with van der Waals surface area (Å²) in [7, 11) is 0. The molecule has 5 nitrogen and oxygen atoms in total. The van der Waals surface area contributed by atoms with Gasteiger partial charge in [-0.05, 0) is 37.1 Å². The number of ether oxygens (including phenoxy) is 2. The minimum absolute atomic E-state index is 0.0468. The van der Waals surface area contributed by atoms with E-state index in [-0.39, 0.29) is 5.75 Å². The van der Waals surface area contributed by atoms with Gasteiger partial charge in [-0.2, -0.15) is 0 Å². The standard InChI is InChI=1S/C18H18FNO4/c1-12-6-5-7-13(2)18(12)20-16(21)10-24-17(22)11-23-15-9-4-3-8-14(15)19/h3-9H,10-11H2,1-2H3,(H,20,21). The third-order valence-electron chi connectivity index (χ3n) is 3.29. The zero-order valence-electron chi connectivity index (χ0n) is 13.5. The fraction of sp³-hybridized carbons (Fsp3) is 0.222. The molecule has 0 aliphatic carbocycles. The summed E-state index contributed by atoms with van der Waals surface area (Å²) in [5.41, 5.74) is 2.52. The predicted octanol–water partition coefficient (Wildman–Crippen LogP) is 3.00. The summed E-state index contributed by atoms with van der Waals surface area (Å²) >= 11 is 0. The van der Waals surface area contributed by atoms with Gasteiger partial charge >= 0.3 is 5.97 Å². The lowest BCUT2D eigenvalue weighted by molar-refractivity contribution is -0.149. The molecule has 24 heavy (non-hydrogen) atoms. The van der Waals surface area contributed by atoms with Crippen LogP contribution in [0.1, 0.15) is 11.1 Å². The zero-order chi connectivity index (χ0) is 17.5. The number of halogens is 1. The third kappa shape index (κ3) is 4.81. The van der Waals surface area contributed by atoms with Crippen LogP contribution < -0.4 is 10.1 Å². The normalized spacial score (nSPS) is 10.1. The van der Waals surface area contributed by atoms with E-state index in [1.54, 1.807) is 6.07 Å². The highest BCUT2D eigenvalue weighted by Gasteiger charge is 2.12. The molecule has 0 atom stereocenters. The molecule has 0 heterocycles. The summed E-state index contributed by atoms with van der Waals surface area (Å²) in [6.07, 6.45) is 0. The summed E-state index contributed by atoms with van der Waals surface area (Å²) in [4.78, 5) is 23.4. The number of nitrogens with one attached hydrogen (secondary N) is 1. The number of anilines is 1. The highest BCUT2D eigenvalue weighted by atomic mass is 19.1. The number of carbonyl (C=O) groups is 2. The van der Waals surface area contributed by atoms with E-state index < -0.39 is 30.9 Å². The summed E-state index contributed by atoms with van der Waals surface area (Å²) in [6.45, 7) is 2.83. The first-order valence-corrected chi connectivity index (χ1v) is 7.36. The molecule has 0 spiro atoms. The zero-order valence-corrected chi connectivity index (χ0v) is 13.5. The van der Waals surface area contributed by atoms with E-state index >= 15 is 0 Å². The first kappa shape index (κ1) is 17.5. The molecular formula is C18H18FNO4. The number of rotatable bonds is 6. The second-order valence-corrected chi connectivity index (χ2v) is 5.19. The molecule has 0 aromatic heterocycles. The smallest absolute Gasteiger partial charge is 0.344 e. The van der Waals surface area contributed by atoms with Crippen LogP contribution in [0.5, 0.6) is 5.75 Å². The van der Waals surface area contributed by atoms with Crippen LogP contribution in [0.3, 0.4) is 0 Å². The molecule has 6 heteroatoms. The Bertz CT molecular complexity index is 725.